The zero-order chi connectivity index (χ0) is 24.8. The first-order valence-electron chi connectivity index (χ1n) is 11.8. The molecule has 1 saturated heterocycles. The summed E-state index contributed by atoms with van der Waals surface area (Å²) in [6.45, 7) is 2.16. The molecule has 1 aromatic heterocycles. The summed E-state index contributed by atoms with van der Waals surface area (Å²) in [6, 6.07) is 14.9. The molecule has 3 atom stereocenters. The summed E-state index contributed by atoms with van der Waals surface area (Å²) in [6.07, 6.45) is 2.03. The molecule has 0 spiro atoms. The fourth-order valence-electron chi connectivity index (χ4n) is 4.78. The predicted molar refractivity (Wildman–Crippen MR) is 139 cm³/mol. The van der Waals surface area contributed by atoms with Crippen LogP contribution in [0.25, 0.3) is 10.9 Å². The number of nitrogens with zero attached hydrogens (tertiary/aromatic N) is 2. The van der Waals surface area contributed by atoms with Crippen molar-refractivity contribution in [1.29, 1.82) is 0 Å². The van der Waals surface area contributed by atoms with Crippen molar-refractivity contribution in [2.45, 2.75) is 30.3 Å². The standard InChI is InChI=1S/C27H30ClFN2O3S/c1-34-20-5-9-26-23(16-20)22(10-12-30-26)25(29)8-2-18-11-13-31(17-24(18)27(32)33)14-15-35-21-6-3-19(28)4-7-21/h3-7,9-10,12,16,18,24-25H,2,8,11,13-15,17H2,1H3,(H,32,33)/t18-,24+,25-/m1/s1. The Morgan fingerprint density at radius 1 is 1.29 bits per heavy atom. The quantitative estimate of drug-likeness (QED) is 0.310. The van der Waals surface area contributed by atoms with E-state index in [9.17, 15) is 9.90 Å². The fraction of sp³-hybridized carbons (Fsp3) is 0.407. The number of aliphatic carboxylic acids is 1. The molecule has 2 heterocycles. The van der Waals surface area contributed by atoms with E-state index in [0.29, 0.717) is 29.3 Å². The molecule has 2 aromatic carbocycles. The van der Waals surface area contributed by atoms with Crippen LogP contribution in [0.15, 0.2) is 59.6 Å². The van der Waals surface area contributed by atoms with Crippen molar-refractivity contribution in [2.24, 2.45) is 11.8 Å². The SMILES string of the molecule is COc1ccc2nccc([C@H](F)CC[C@@H]3CCN(CCSc4ccc(Cl)cc4)C[C@@H]3C(=O)O)c2c1. The van der Waals surface area contributed by atoms with Gasteiger partial charge in [-0.25, -0.2) is 4.39 Å². The number of fused-ring (bicyclic) bond motifs is 1. The number of hydrogen-bond acceptors (Lipinski definition) is 5. The van der Waals surface area contributed by atoms with E-state index in [1.54, 1.807) is 31.1 Å². The van der Waals surface area contributed by atoms with Crippen LogP contribution in [-0.2, 0) is 4.79 Å². The number of carboxylic acids is 1. The summed E-state index contributed by atoms with van der Waals surface area (Å²) in [7, 11) is 1.58. The molecule has 0 aliphatic carbocycles. The number of aromatic nitrogens is 1. The van der Waals surface area contributed by atoms with E-state index in [4.69, 9.17) is 16.3 Å². The molecule has 0 bridgehead atoms. The fourth-order valence-corrected chi connectivity index (χ4v) is 5.82. The molecular weight excluding hydrogens is 487 g/mol. The van der Waals surface area contributed by atoms with Gasteiger partial charge in [-0.1, -0.05) is 11.6 Å². The van der Waals surface area contributed by atoms with Crippen LogP contribution in [0.2, 0.25) is 5.02 Å². The molecule has 1 aliphatic rings. The van der Waals surface area contributed by atoms with Crippen LogP contribution in [0.3, 0.4) is 0 Å². The minimum absolute atomic E-state index is 0.0337. The molecule has 0 saturated carbocycles. The second-order valence-corrected chi connectivity index (χ2v) is 10.5. The summed E-state index contributed by atoms with van der Waals surface area (Å²) in [4.78, 5) is 19.7. The van der Waals surface area contributed by atoms with Gasteiger partial charge in [-0.05, 0) is 85.8 Å². The van der Waals surface area contributed by atoms with Crippen LogP contribution in [0.5, 0.6) is 5.75 Å². The number of piperidine rings is 1. The number of pyridine rings is 1. The lowest BCUT2D eigenvalue weighted by atomic mass is 9.81. The summed E-state index contributed by atoms with van der Waals surface area (Å²) in [5.41, 5.74) is 1.30. The van der Waals surface area contributed by atoms with E-state index in [-0.39, 0.29) is 12.3 Å². The van der Waals surface area contributed by atoms with Crippen LogP contribution in [0.4, 0.5) is 4.39 Å². The molecule has 5 nitrogen and oxygen atoms in total. The summed E-state index contributed by atoms with van der Waals surface area (Å²) in [5, 5.41) is 11.3. The maximum absolute atomic E-state index is 15.4. The highest BCUT2D eigenvalue weighted by Gasteiger charge is 2.34. The van der Waals surface area contributed by atoms with Gasteiger partial charge in [0.15, 0.2) is 0 Å². The van der Waals surface area contributed by atoms with E-state index >= 15 is 4.39 Å². The third kappa shape index (κ3) is 6.66. The molecule has 3 aromatic rings. The van der Waals surface area contributed by atoms with Gasteiger partial charge in [0.05, 0.1) is 18.5 Å². The number of thioether (sulfide) groups is 1. The van der Waals surface area contributed by atoms with Crippen molar-refractivity contribution in [3.8, 4) is 5.75 Å². The third-order valence-electron chi connectivity index (χ3n) is 6.76. The predicted octanol–water partition coefficient (Wildman–Crippen LogP) is 6.50. The second kappa shape index (κ2) is 12.1. The van der Waals surface area contributed by atoms with Gasteiger partial charge in [0.2, 0.25) is 0 Å². The molecule has 0 unspecified atom stereocenters. The van der Waals surface area contributed by atoms with Gasteiger partial charge >= 0.3 is 5.97 Å². The van der Waals surface area contributed by atoms with Gasteiger partial charge in [-0.2, -0.15) is 0 Å². The maximum Gasteiger partial charge on any atom is 0.308 e. The van der Waals surface area contributed by atoms with Crippen molar-refractivity contribution in [1.82, 2.24) is 9.88 Å². The largest absolute Gasteiger partial charge is 0.497 e. The lowest BCUT2D eigenvalue weighted by Crippen LogP contribution is -2.44. The Labute approximate surface area is 214 Å². The normalized spacial score (nSPS) is 19.5. The second-order valence-electron chi connectivity index (χ2n) is 8.92. The van der Waals surface area contributed by atoms with Gasteiger partial charge in [-0.15, -0.1) is 11.8 Å². The van der Waals surface area contributed by atoms with Gasteiger partial charge in [0.1, 0.15) is 11.9 Å². The van der Waals surface area contributed by atoms with Crippen molar-refractivity contribution in [3.63, 3.8) is 0 Å². The Bertz CT molecular complexity index is 1150. The van der Waals surface area contributed by atoms with Crippen LogP contribution in [0.1, 0.15) is 31.0 Å². The summed E-state index contributed by atoms with van der Waals surface area (Å²) < 4.78 is 20.7. The van der Waals surface area contributed by atoms with Gasteiger partial charge in [-0.3, -0.25) is 9.78 Å². The first-order chi connectivity index (χ1) is 16.9. The first-order valence-corrected chi connectivity index (χ1v) is 13.2. The van der Waals surface area contributed by atoms with Crippen LogP contribution >= 0.6 is 23.4 Å². The number of likely N-dealkylation sites (tertiary alicyclic amines) is 1. The van der Waals surface area contributed by atoms with Crippen LogP contribution in [-0.4, -0.2) is 53.5 Å². The van der Waals surface area contributed by atoms with Gasteiger partial charge in [0, 0.05) is 40.3 Å². The summed E-state index contributed by atoms with van der Waals surface area (Å²) in [5.74, 6) is 0.231. The maximum atomic E-state index is 15.4. The van der Waals surface area contributed by atoms with E-state index in [2.05, 4.69) is 9.88 Å². The molecular formula is C27H30ClFN2O3S. The van der Waals surface area contributed by atoms with E-state index in [1.165, 1.54) is 0 Å². The van der Waals surface area contributed by atoms with E-state index in [0.717, 1.165) is 41.1 Å². The lowest BCUT2D eigenvalue weighted by Gasteiger charge is -2.36. The number of carbonyl (C=O) groups is 1. The van der Waals surface area contributed by atoms with E-state index < -0.39 is 18.1 Å². The average Bonchev–Trinajstić information content (AvgIpc) is 2.88. The number of carboxylic acid groups (broad SMARTS) is 1. The molecule has 1 aliphatic heterocycles. The smallest absolute Gasteiger partial charge is 0.308 e. The Kier molecular flexibility index (Phi) is 8.87. The topological polar surface area (TPSA) is 62.7 Å². The molecule has 0 radical (unpaired) electrons. The summed E-state index contributed by atoms with van der Waals surface area (Å²) >= 11 is 7.68. The number of methoxy groups -OCH3 is 1. The molecule has 4 rings (SSSR count). The zero-order valence-corrected chi connectivity index (χ0v) is 21.3. The highest BCUT2D eigenvalue weighted by molar-refractivity contribution is 7.99. The minimum Gasteiger partial charge on any atom is -0.497 e. The number of benzene rings is 2. The number of rotatable bonds is 10. The number of halogens is 2. The lowest BCUT2D eigenvalue weighted by molar-refractivity contribution is -0.146. The van der Waals surface area contributed by atoms with Gasteiger partial charge < -0.3 is 14.7 Å². The highest BCUT2D eigenvalue weighted by atomic mass is 35.5. The number of hydrogen-bond donors (Lipinski definition) is 1. The third-order valence-corrected chi connectivity index (χ3v) is 8.00. The Hall–Kier alpha value is -2.35. The van der Waals surface area contributed by atoms with Crippen molar-refractivity contribution in [2.75, 3.05) is 32.5 Å². The zero-order valence-electron chi connectivity index (χ0n) is 19.7. The molecule has 1 fully saturated rings. The van der Waals surface area contributed by atoms with Crippen molar-refractivity contribution in [3.05, 3.63) is 65.3 Å². The Balaban J connectivity index is 1.32. The molecule has 35 heavy (non-hydrogen) atoms. The van der Waals surface area contributed by atoms with Crippen molar-refractivity contribution >= 4 is 40.2 Å². The number of ether oxygens (including phenoxy) is 1. The molecule has 8 heteroatoms. The molecule has 0 amide bonds. The monoisotopic (exact) mass is 516 g/mol. The first kappa shape index (κ1) is 25.7. The van der Waals surface area contributed by atoms with Crippen molar-refractivity contribution < 1.29 is 19.0 Å². The molecule has 1 N–H and O–H groups in total. The Morgan fingerprint density at radius 2 is 2.09 bits per heavy atom. The highest BCUT2D eigenvalue weighted by Crippen LogP contribution is 2.35. The van der Waals surface area contributed by atoms with Crippen LogP contribution < -0.4 is 4.74 Å². The minimum atomic E-state index is -1.18. The van der Waals surface area contributed by atoms with Crippen LogP contribution in [0, 0.1) is 11.8 Å². The van der Waals surface area contributed by atoms with Gasteiger partial charge in [0.25, 0.3) is 0 Å². The van der Waals surface area contributed by atoms with E-state index in [1.807, 2.05) is 42.5 Å². The Morgan fingerprint density at radius 3 is 2.83 bits per heavy atom. The molecule has 186 valence electrons. The number of alkyl halides is 1. The average molecular weight is 517 g/mol.